The third-order valence-electron chi connectivity index (χ3n) is 5.03. The molecule has 0 aliphatic carbocycles. The Morgan fingerprint density at radius 1 is 1.15 bits per heavy atom. The summed E-state index contributed by atoms with van der Waals surface area (Å²) in [5.74, 6) is -1.01. The van der Waals surface area contributed by atoms with E-state index in [0.29, 0.717) is 11.4 Å². The lowest BCUT2D eigenvalue weighted by atomic mass is 10.0. The fourth-order valence-corrected chi connectivity index (χ4v) is 4.17. The van der Waals surface area contributed by atoms with Crippen molar-refractivity contribution in [1.29, 1.82) is 0 Å². The lowest BCUT2D eigenvalue weighted by molar-refractivity contribution is -0.124. The largest absolute Gasteiger partial charge is 0.464 e. The Hall–Kier alpha value is -3.66. The third-order valence-corrected chi connectivity index (χ3v) is 5.88. The Labute approximate surface area is 202 Å². The molecule has 0 aliphatic rings. The van der Waals surface area contributed by atoms with Crippen LogP contribution < -0.4 is 21.7 Å². The van der Waals surface area contributed by atoms with Gasteiger partial charge in [-0.05, 0) is 75.5 Å². The number of nitrogens with one attached hydrogen (secondary N) is 1. The number of hydrogen-bond donors (Lipinski definition) is 3. The molecule has 2 heterocycles. The number of rotatable bonds is 7. The first kappa shape index (κ1) is 25.0. The normalized spacial score (nSPS) is 12.3. The standard InChI is InChI=1S/C24H29N5O4S/c1-6-14-8-10-15(11-9-14)29(23(32)20-17(25)18(21(26)30)28-34-20)19(16-12-7-13(2)33-16)22(31)27-24(3,4)5/h7-12,19H,6,25H2,1-5H3,(H2,26,30)(H,27,31). The van der Waals surface area contributed by atoms with Crippen LogP contribution in [0.3, 0.4) is 0 Å². The van der Waals surface area contributed by atoms with Crippen LogP contribution in [0.25, 0.3) is 0 Å². The number of amides is 3. The molecule has 3 aromatic rings. The van der Waals surface area contributed by atoms with Crippen LogP contribution >= 0.6 is 11.5 Å². The first-order chi connectivity index (χ1) is 15.9. The molecule has 3 rings (SSSR count). The average molecular weight is 484 g/mol. The quantitative estimate of drug-likeness (QED) is 0.468. The molecule has 0 saturated heterocycles. The predicted octanol–water partition coefficient (Wildman–Crippen LogP) is 3.59. The predicted molar refractivity (Wildman–Crippen MR) is 132 cm³/mol. The lowest BCUT2D eigenvalue weighted by Gasteiger charge is -2.32. The smallest absolute Gasteiger partial charge is 0.273 e. The molecule has 2 aromatic heterocycles. The Morgan fingerprint density at radius 2 is 1.79 bits per heavy atom. The zero-order chi connectivity index (χ0) is 25.2. The van der Waals surface area contributed by atoms with Crippen molar-refractivity contribution in [3.8, 4) is 0 Å². The highest BCUT2D eigenvalue weighted by atomic mass is 32.1. The minimum atomic E-state index is -1.15. The molecule has 0 fully saturated rings. The number of benzene rings is 1. The maximum absolute atomic E-state index is 13.9. The fraction of sp³-hybridized carbons (Fsp3) is 0.333. The number of nitrogen functional groups attached to an aromatic ring is 1. The van der Waals surface area contributed by atoms with Gasteiger partial charge in [0.1, 0.15) is 16.4 Å². The zero-order valence-corrected chi connectivity index (χ0v) is 20.7. The van der Waals surface area contributed by atoms with Crippen LogP contribution in [0.1, 0.15) is 71.0 Å². The van der Waals surface area contributed by atoms with Crippen LogP contribution in [0.4, 0.5) is 11.4 Å². The van der Waals surface area contributed by atoms with Gasteiger partial charge in [-0.15, -0.1) is 0 Å². The van der Waals surface area contributed by atoms with E-state index in [1.54, 1.807) is 31.2 Å². The number of primary amides is 1. The number of hydrogen-bond acceptors (Lipinski definition) is 7. The molecule has 0 saturated carbocycles. The number of anilines is 2. The van der Waals surface area contributed by atoms with Crippen molar-refractivity contribution in [1.82, 2.24) is 9.69 Å². The number of nitrogens with zero attached hydrogens (tertiary/aromatic N) is 2. The van der Waals surface area contributed by atoms with Crippen molar-refractivity contribution in [3.05, 3.63) is 64.1 Å². The van der Waals surface area contributed by atoms with Gasteiger partial charge in [0.2, 0.25) is 0 Å². The fourth-order valence-electron chi connectivity index (χ4n) is 3.43. The number of nitrogens with two attached hydrogens (primary N) is 2. The summed E-state index contributed by atoms with van der Waals surface area (Å²) in [4.78, 5) is 40.4. The molecular formula is C24H29N5O4S. The van der Waals surface area contributed by atoms with Gasteiger partial charge in [-0.25, -0.2) is 0 Å². The highest BCUT2D eigenvalue weighted by Crippen LogP contribution is 2.34. The van der Waals surface area contributed by atoms with E-state index in [2.05, 4.69) is 9.69 Å². The molecule has 1 atom stereocenters. The molecule has 0 spiro atoms. The van der Waals surface area contributed by atoms with Gasteiger partial charge >= 0.3 is 0 Å². The molecule has 1 aromatic carbocycles. The Kier molecular flexibility index (Phi) is 7.11. The van der Waals surface area contributed by atoms with Gasteiger partial charge in [-0.3, -0.25) is 19.3 Å². The summed E-state index contributed by atoms with van der Waals surface area (Å²) in [6.07, 6.45) is 0.809. The monoisotopic (exact) mass is 483 g/mol. The van der Waals surface area contributed by atoms with Gasteiger partial charge < -0.3 is 21.2 Å². The maximum atomic E-state index is 13.9. The summed E-state index contributed by atoms with van der Waals surface area (Å²) < 4.78 is 9.77. The van der Waals surface area contributed by atoms with E-state index in [1.807, 2.05) is 39.8 Å². The second-order valence-corrected chi connectivity index (χ2v) is 9.70. The summed E-state index contributed by atoms with van der Waals surface area (Å²) in [7, 11) is 0. The van der Waals surface area contributed by atoms with E-state index in [4.69, 9.17) is 15.9 Å². The van der Waals surface area contributed by atoms with Gasteiger partial charge in [-0.1, -0.05) is 19.1 Å². The Balaban J connectivity index is 2.21. The van der Waals surface area contributed by atoms with Crippen LogP contribution in [0, 0.1) is 6.92 Å². The molecule has 0 aliphatic heterocycles. The highest BCUT2D eigenvalue weighted by molar-refractivity contribution is 7.09. The van der Waals surface area contributed by atoms with Crippen molar-refractivity contribution in [2.75, 3.05) is 10.6 Å². The highest BCUT2D eigenvalue weighted by Gasteiger charge is 2.38. The molecule has 9 nitrogen and oxygen atoms in total. The van der Waals surface area contributed by atoms with Gasteiger partial charge in [0.25, 0.3) is 17.7 Å². The van der Waals surface area contributed by atoms with Gasteiger partial charge in [0.15, 0.2) is 11.7 Å². The molecule has 5 N–H and O–H groups in total. The van der Waals surface area contributed by atoms with Crippen LogP contribution in [0.5, 0.6) is 0 Å². The molecule has 34 heavy (non-hydrogen) atoms. The minimum absolute atomic E-state index is 0.00482. The van der Waals surface area contributed by atoms with Crippen molar-refractivity contribution in [2.24, 2.45) is 5.73 Å². The van der Waals surface area contributed by atoms with Crippen molar-refractivity contribution < 1.29 is 18.8 Å². The van der Waals surface area contributed by atoms with Crippen LogP contribution in [0.2, 0.25) is 0 Å². The van der Waals surface area contributed by atoms with E-state index in [9.17, 15) is 14.4 Å². The molecule has 180 valence electrons. The first-order valence-electron chi connectivity index (χ1n) is 10.8. The first-order valence-corrected chi connectivity index (χ1v) is 11.6. The molecule has 10 heteroatoms. The summed E-state index contributed by atoms with van der Waals surface area (Å²) in [5, 5.41) is 2.93. The van der Waals surface area contributed by atoms with Crippen molar-refractivity contribution >= 4 is 40.6 Å². The summed E-state index contributed by atoms with van der Waals surface area (Å²) in [6.45, 7) is 9.31. The number of carbonyl (C=O) groups is 3. The number of carbonyl (C=O) groups excluding carboxylic acids is 3. The summed E-state index contributed by atoms with van der Waals surface area (Å²) in [5.41, 5.74) is 12.1. The van der Waals surface area contributed by atoms with E-state index in [-0.39, 0.29) is 22.0 Å². The SMILES string of the molecule is CCc1ccc(N(C(=O)c2snc(C(N)=O)c2N)C(C(=O)NC(C)(C)C)c2ccc(C)o2)cc1. The van der Waals surface area contributed by atoms with E-state index < -0.39 is 29.3 Å². The summed E-state index contributed by atoms with van der Waals surface area (Å²) >= 11 is 0.757. The number of furan rings is 1. The van der Waals surface area contributed by atoms with Crippen molar-refractivity contribution in [3.63, 3.8) is 0 Å². The second kappa shape index (κ2) is 9.68. The lowest BCUT2D eigenvalue weighted by Crippen LogP contribution is -2.49. The van der Waals surface area contributed by atoms with Gasteiger partial charge in [0.05, 0.1) is 5.69 Å². The summed E-state index contributed by atoms with van der Waals surface area (Å²) in [6, 6.07) is 9.52. The van der Waals surface area contributed by atoms with Crippen LogP contribution in [0.15, 0.2) is 40.8 Å². The van der Waals surface area contributed by atoms with E-state index in [1.165, 1.54) is 4.90 Å². The minimum Gasteiger partial charge on any atom is -0.464 e. The van der Waals surface area contributed by atoms with Gasteiger partial charge in [-0.2, -0.15) is 4.37 Å². The maximum Gasteiger partial charge on any atom is 0.273 e. The zero-order valence-electron chi connectivity index (χ0n) is 19.8. The number of aromatic nitrogens is 1. The topological polar surface area (TPSA) is 145 Å². The Morgan fingerprint density at radius 3 is 2.26 bits per heavy atom. The average Bonchev–Trinajstić information content (AvgIpc) is 3.35. The molecule has 1 unspecified atom stereocenters. The van der Waals surface area contributed by atoms with Gasteiger partial charge in [0, 0.05) is 11.2 Å². The third kappa shape index (κ3) is 5.28. The van der Waals surface area contributed by atoms with E-state index >= 15 is 0 Å². The van der Waals surface area contributed by atoms with Crippen LogP contribution in [-0.2, 0) is 11.2 Å². The molecule has 3 amide bonds. The second-order valence-electron chi connectivity index (χ2n) is 8.92. The molecular weight excluding hydrogens is 454 g/mol. The molecule has 0 bridgehead atoms. The molecule has 0 radical (unpaired) electrons. The van der Waals surface area contributed by atoms with Crippen molar-refractivity contribution in [2.45, 2.75) is 52.6 Å². The van der Waals surface area contributed by atoms with E-state index in [0.717, 1.165) is 23.5 Å². The number of aryl methyl sites for hydroxylation is 2. The van der Waals surface area contributed by atoms with Crippen LogP contribution in [-0.4, -0.2) is 27.6 Å². The Bertz CT molecular complexity index is 1210.